The van der Waals surface area contributed by atoms with Crippen LogP contribution in [0, 0.1) is 0 Å². The lowest BCUT2D eigenvalue weighted by Crippen LogP contribution is -2.13. The van der Waals surface area contributed by atoms with Crippen molar-refractivity contribution in [1.82, 2.24) is 0 Å². The van der Waals surface area contributed by atoms with Crippen molar-refractivity contribution in [1.29, 1.82) is 0 Å². The summed E-state index contributed by atoms with van der Waals surface area (Å²) < 4.78 is 22.5. The Labute approximate surface area is 172 Å². The zero-order chi connectivity index (χ0) is 20.7. The fourth-order valence-corrected chi connectivity index (χ4v) is 3.06. The Morgan fingerprint density at radius 1 is 0.893 bits per heavy atom. The van der Waals surface area contributed by atoms with Crippen molar-refractivity contribution in [2.24, 2.45) is 0 Å². The van der Waals surface area contributed by atoms with Gasteiger partial charge in [-0.2, -0.15) is 0 Å². The number of ether oxygens (including phenoxy) is 4. The van der Waals surface area contributed by atoms with Crippen LogP contribution in [0.2, 0.25) is 0 Å². The SMILES string of the molecule is CCOc1ccc(C(=O)Oc2c(Br)c(OCC)cc(OCC)c2C(C)=O)cc1. The second kappa shape index (κ2) is 10.1. The molecule has 0 aliphatic heterocycles. The molecule has 2 aromatic rings. The maximum absolute atomic E-state index is 12.7. The number of esters is 1. The number of ketones is 1. The molecule has 0 heterocycles. The summed E-state index contributed by atoms with van der Waals surface area (Å²) in [5.41, 5.74) is 0.501. The zero-order valence-electron chi connectivity index (χ0n) is 16.3. The third-order valence-corrected chi connectivity index (χ3v) is 4.45. The highest BCUT2D eigenvalue weighted by molar-refractivity contribution is 9.10. The molecule has 0 fully saturated rings. The van der Waals surface area contributed by atoms with Crippen molar-refractivity contribution in [2.45, 2.75) is 27.7 Å². The summed E-state index contributed by atoms with van der Waals surface area (Å²) in [6, 6.07) is 8.18. The Kier molecular flexibility index (Phi) is 7.87. The maximum Gasteiger partial charge on any atom is 0.343 e. The van der Waals surface area contributed by atoms with Crippen LogP contribution >= 0.6 is 15.9 Å². The van der Waals surface area contributed by atoms with E-state index < -0.39 is 5.97 Å². The number of hydrogen-bond acceptors (Lipinski definition) is 6. The first kappa shape index (κ1) is 21.8. The van der Waals surface area contributed by atoms with Gasteiger partial charge in [0, 0.05) is 6.07 Å². The number of carbonyl (C=O) groups is 2. The largest absolute Gasteiger partial charge is 0.494 e. The van der Waals surface area contributed by atoms with Gasteiger partial charge in [-0.05, 0) is 67.9 Å². The van der Waals surface area contributed by atoms with Crippen molar-refractivity contribution in [2.75, 3.05) is 19.8 Å². The minimum atomic E-state index is -0.609. The summed E-state index contributed by atoms with van der Waals surface area (Å²) in [5, 5.41) is 0. The molecular weight excluding hydrogens is 428 g/mol. The van der Waals surface area contributed by atoms with E-state index >= 15 is 0 Å². The summed E-state index contributed by atoms with van der Waals surface area (Å²) in [7, 11) is 0. The van der Waals surface area contributed by atoms with Crippen molar-refractivity contribution in [3.8, 4) is 23.0 Å². The molecule has 28 heavy (non-hydrogen) atoms. The third kappa shape index (κ3) is 5.04. The molecule has 0 saturated carbocycles. The van der Waals surface area contributed by atoms with E-state index in [4.69, 9.17) is 18.9 Å². The molecule has 0 bridgehead atoms. The summed E-state index contributed by atoms with van der Waals surface area (Å²) in [6.07, 6.45) is 0. The lowest BCUT2D eigenvalue weighted by atomic mass is 10.1. The van der Waals surface area contributed by atoms with E-state index in [-0.39, 0.29) is 17.1 Å². The van der Waals surface area contributed by atoms with Gasteiger partial charge < -0.3 is 18.9 Å². The molecule has 6 nitrogen and oxygen atoms in total. The predicted octanol–water partition coefficient (Wildman–Crippen LogP) is 5.07. The Bertz CT molecular complexity index is 845. The number of rotatable bonds is 9. The van der Waals surface area contributed by atoms with Crippen LogP contribution < -0.4 is 18.9 Å². The summed E-state index contributed by atoms with van der Waals surface area (Å²) >= 11 is 3.39. The zero-order valence-corrected chi connectivity index (χ0v) is 17.9. The highest BCUT2D eigenvalue weighted by atomic mass is 79.9. The molecule has 0 saturated heterocycles. The number of hydrogen-bond donors (Lipinski definition) is 0. The molecular formula is C21H23BrO6. The summed E-state index contributed by atoms with van der Waals surface area (Å²) in [5.74, 6) is 0.549. The molecule has 0 aliphatic carbocycles. The van der Waals surface area contributed by atoms with Crippen LogP contribution in [0.4, 0.5) is 0 Å². The van der Waals surface area contributed by atoms with E-state index in [1.807, 2.05) is 13.8 Å². The van der Waals surface area contributed by atoms with Crippen LogP contribution in [0.15, 0.2) is 34.8 Å². The van der Waals surface area contributed by atoms with Gasteiger partial charge >= 0.3 is 5.97 Å². The van der Waals surface area contributed by atoms with Crippen LogP contribution in [0.1, 0.15) is 48.4 Å². The number of carbonyl (C=O) groups excluding carboxylic acids is 2. The Balaban J connectivity index is 2.46. The summed E-state index contributed by atoms with van der Waals surface area (Å²) in [4.78, 5) is 24.9. The second-order valence-corrected chi connectivity index (χ2v) is 6.45. The highest BCUT2D eigenvalue weighted by Gasteiger charge is 2.25. The average molecular weight is 451 g/mol. The minimum absolute atomic E-state index is 0.0702. The first-order chi connectivity index (χ1) is 13.4. The smallest absolute Gasteiger partial charge is 0.343 e. The van der Waals surface area contributed by atoms with Crippen molar-refractivity contribution < 1.29 is 28.5 Å². The van der Waals surface area contributed by atoms with Crippen LogP contribution in [0.3, 0.4) is 0 Å². The van der Waals surface area contributed by atoms with E-state index in [9.17, 15) is 9.59 Å². The fourth-order valence-electron chi connectivity index (χ4n) is 2.55. The van der Waals surface area contributed by atoms with E-state index in [1.54, 1.807) is 37.3 Å². The van der Waals surface area contributed by atoms with Gasteiger partial charge in [0.25, 0.3) is 0 Å². The Morgan fingerprint density at radius 3 is 2.00 bits per heavy atom. The van der Waals surface area contributed by atoms with Gasteiger partial charge in [0.1, 0.15) is 27.3 Å². The number of halogens is 1. The Morgan fingerprint density at radius 2 is 1.46 bits per heavy atom. The highest BCUT2D eigenvalue weighted by Crippen LogP contribution is 2.43. The van der Waals surface area contributed by atoms with Gasteiger partial charge in [-0.15, -0.1) is 0 Å². The molecule has 0 atom stereocenters. The fraction of sp³-hybridized carbons (Fsp3) is 0.333. The van der Waals surface area contributed by atoms with Gasteiger partial charge in [-0.1, -0.05) is 0 Å². The minimum Gasteiger partial charge on any atom is -0.494 e. The van der Waals surface area contributed by atoms with Crippen molar-refractivity contribution >= 4 is 27.7 Å². The lowest BCUT2D eigenvalue weighted by Gasteiger charge is -2.18. The van der Waals surface area contributed by atoms with E-state index in [0.717, 1.165) is 0 Å². The monoisotopic (exact) mass is 450 g/mol. The molecule has 0 unspecified atom stereocenters. The molecule has 0 aromatic heterocycles. The van der Waals surface area contributed by atoms with E-state index in [1.165, 1.54) is 6.92 Å². The van der Waals surface area contributed by atoms with Crippen molar-refractivity contribution in [3.63, 3.8) is 0 Å². The number of benzene rings is 2. The molecule has 0 aliphatic rings. The molecule has 7 heteroatoms. The predicted molar refractivity (Wildman–Crippen MR) is 109 cm³/mol. The van der Waals surface area contributed by atoms with Gasteiger partial charge in [-0.3, -0.25) is 4.79 Å². The molecule has 0 N–H and O–H groups in total. The normalized spacial score (nSPS) is 10.3. The second-order valence-electron chi connectivity index (χ2n) is 5.66. The maximum atomic E-state index is 12.7. The topological polar surface area (TPSA) is 71.1 Å². The van der Waals surface area contributed by atoms with Crippen LogP contribution in [-0.4, -0.2) is 31.6 Å². The first-order valence-corrected chi connectivity index (χ1v) is 9.80. The molecule has 2 rings (SSSR count). The van der Waals surface area contributed by atoms with E-state index in [0.29, 0.717) is 47.1 Å². The third-order valence-electron chi connectivity index (χ3n) is 3.70. The molecule has 0 spiro atoms. The molecule has 0 radical (unpaired) electrons. The van der Waals surface area contributed by atoms with E-state index in [2.05, 4.69) is 15.9 Å². The molecule has 2 aromatic carbocycles. The van der Waals surface area contributed by atoms with Gasteiger partial charge in [0.05, 0.1) is 25.4 Å². The Hall–Kier alpha value is -2.54. The molecule has 0 amide bonds. The number of Topliss-reactive ketones (excluding diaryl/α,β-unsaturated/α-hetero) is 1. The van der Waals surface area contributed by atoms with Crippen molar-refractivity contribution in [3.05, 3.63) is 45.9 Å². The van der Waals surface area contributed by atoms with Crippen LogP contribution in [0.25, 0.3) is 0 Å². The average Bonchev–Trinajstić information content (AvgIpc) is 2.66. The lowest BCUT2D eigenvalue weighted by molar-refractivity contribution is 0.0730. The van der Waals surface area contributed by atoms with Crippen LogP contribution in [-0.2, 0) is 0 Å². The quantitative estimate of drug-likeness (QED) is 0.301. The van der Waals surface area contributed by atoms with Gasteiger partial charge in [0.2, 0.25) is 0 Å². The van der Waals surface area contributed by atoms with Gasteiger partial charge in [0.15, 0.2) is 11.5 Å². The standard InChI is InChI=1S/C21H23BrO6/c1-5-25-15-10-8-14(9-11-15)21(24)28-20-18(13(4)23)16(26-6-2)12-17(19(20)22)27-7-3/h8-12H,5-7H2,1-4H3. The van der Waals surface area contributed by atoms with Gasteiger partial charge in [-0.25, -0.2) is 4.79 Å². The summed E-state index contributed by atoms with van der Waals surface area (Å²) in [6.45, 7) is 8.18. The molecule has 150 valence electrons. The van der Waals surface area contributed by atoms with Crippen LogP contribution in [0.5, 0.6) is 23.0 Å². The first-order valence-electron chi connectivity index (χ1n) is 9.00.